The Morgan fingerprint density at radius 2 is 1.76 bits per heavy atom. The number of benzene rings is 2. The summed E-state index contributed by atoms with van der Waals surface area (Å²) in [5.41, 5.74) is 5.45. The number of nitrogens with zero attached hydrogens (tertiary/aromatic N) is 5. The number of hydrogen-bond donors (Lipinski definition) is 0. The molecule has 2 aromatic carbocycles. The highest BCUT2D eigenvalue weighted by Gasteiger charge is 2.24. The number of rotatable bonds is 4. The average Bonchev–Trinajstić information content (AvgIpc) is 3.46. The smallest absolute Gasteiger partial charge is 0.265 e. The van der Waals surface area contributed by atoms with Gasteiger partial charge in [-0.15, -0.1) is 0 Å². The van der Waals surface area contributed by atoms with Crippen LogP contribution in [-0.2, 0) is 17.7 Å². The first kappa shape index (κ1) is 20.1. The van der Waals surface area contributed by atoms with Gasteiger partial charge in [-0.25, -0.2) is 15.0 Å². The average molecular weight is 440 g/mol. The van der Waals surface area contributed by atoms with Crippen molar-refractivity contribution in [3.05, 3.63) is 70.3 Å². The Morgan fingerprint density at radius 3 is 2.45 bits per heavy atom. The van der Waals surface area contributed by atoms with Gasteiger partial charge < -0.3 is 4.74 Å². The van der Waals surface area contributed by atoms with Crippen molar-refractivity contribution in [3.8, 4) is 5.69 Å². The Labute approximate surface area is 190 Å². The number of fused-ring (bicyclic) bond motifs is 4. The van der Waals surface area contributed by atoms with Gasteiger partial charge in [0, 0.05) is 12.3 Å². The van der Waals surface area contributed by atoms with Gasteiger partial charge in [0.1, 0.15) is 16.7 Å². The largest absolute Gasteiger partial charge is 0.376 e. The van der Waals surface area contributed by atoms with Crippen LogP contribution in [0.4, 0.5) is 0 Å². The van der Waals surface area contributed by atoms with Crippen LogP contribution in [0.3, 0.4) is 0 Å². The molecule has 0 amide bonds. The van der Waals surface area contributed by atoms with E-state index in [2.05, 4.69) is 31.2 Å². The molecule has 0 bridgehead atoms. The van der Waals surface area contributed by atoms with Gasteiger partial charge >= 0.3 is 0 Å². The molecule has 7 heteroatoms. The molecule has 0 N–H and O–H groups in total. The monoisotopic (exact) mass is 439 g/mol. The zero-order valence-corrected chi connectivity index (χ0v) is 18.8. The number of aryl methyl sites for hydroxylation is 2. The van der Waals surface area contributed by atoms with Crippen molar-refractivity contribution in [1.29, 1.82) is 0 Å². The Balaban J connectivity index is 1.69. The lowest BCUT2D eigenvalue weighted by Crippen LogP contribution is -2.29. The second-order valence-electron chi connectivity index (χ2n) is 8.65. The summed E-state index contributed by atoms with van der Waals surface area (Å²) in [4.78, 5) is 28.5. The fourth-order valence-corrected chi connectivity index (χ4v) is 4.76. The van der Waals surface area contributed by atoms with Crippen LogP contribution in [0.15, 0.2) is 53.3 Å². The van der Waals surface area contributed by atoms with E-state index < -0.39 is 0 Å². The summed E-state index contributed by atoms with van der Waals surface area (Å²) in [6, 6.07) is 16.1. The molecule has 6 rings (SSSR count). The molecule has 1 aliphatic heterocycles. The highest BCUT2D eigenvalue weighted by molar-refractivity contribution is 6.05. The predicted octanol–water partition coefficient (Wildman–Crippen LogP) is 4.33. The SMILES string of the molecule is CCc1ccc(-n2c3nc4ccccc4nc3c3c(=O)n(CC4CCCO4)c(C)nc32)cc1. The Bertz CT molecular complexity index is 1560. The van der Waals surface area contributed by atoms with E-state index in [1.807, 2.05) is 35.8 Å². The molecular formula is C26H25N5O2. The molecule has 1 saturated heterocycles. The van der Waals surface area contributed by atoms with E-state index in [9.17, 15) is 4.79 Å². The quantitative estimate of drug-likeness (QED) is 0.417. The maximum atomic E-state index is 13.8. The third kappa shape index (κ3) is 3.23. The maximum absolute atomic E-state index is 13.8. The van der Waals surface area contributed by atoms with Crippen LogP contribution in [0, 0.1) is 6.92 Å². The molecule has 3 aromatic heterocycles. The van der Waals surface area contributed by atoms with Gasteiger partial charge in [-0.1, -0.05) is 31.2 Å². The summed E-state index contributed by atoms with van der Waals surface area (Å²) in [7, 11) is 0. The predicted molar refractivity (Wildman–Crippen MR) is 129 cm³/mol. The first-order valence-electron chi connectivity index (χ1n) is 11.5. The number of hydrogen-bond acceptors (Lipinski definition) is 5. The van der Waals surface area contributed by atoms with Crippen LogP contribution < -0.4 is 5.56 Å². The summed E-state index contributed by atoms with van der Waals surface area (Å²) in [5, 5.41) is 0.506. The molecule has 0 spiro atoms. The van der Waals surface area contributed by atoms with Crippen molar-refractivity contribution in [2.45, 2.75) is 45.8 Å². The minimum Gasteiger partial charge on any atom is -0.376 e. The molecule has 1 unspecified atom stereocenters. The number of para-hydroxylation sites is 2. The van der Waals surface area contributed by atoms with Crippen molar-refractivity contribution < 1.29 is 4.74 Å². The van der Waals surface area contributed by atoms with Crippen molar-refractivity contribution in [1.82, 2.24) is 24.1 Å². The molecular weight excluding hydrogens is 414 g/mol. The third-order valence-electron chi connectivity index (χ3n) is 6.57. The first-order chi connectivity index (χ1) is 16.1. The van der Waals surface area contributed by atoms with Gasteiger partial charge in [-0.3, -0.25) is 13.9 Å². The van der Waals surface area contributed by atoms with Crippen molar-refractivity contribution in [2.24, 2.45) is 0 Å². The molecule has 0 aliphatic carbocycles. The van der Waals surface area contributed by atoms with Gasteiger partial charge in [-0.2, -0.15) is 0 Å². The minimum absolute atomic E-state index is 0.0440. The van der Waals surface area contributed by atoms with Crippen molar-refractivity contribution in [3.63, 3.8) is 0 Å². The van der Waals surface area contributed by atoms with Gasteiger partial charge in [0.2, 0.25) is 0 Å². The second kappa shape index (κ2) is 7.78. The molecule has 0 saturated carbocycles. The van der Waals surface area contributed by atoms with Crippen LogP contribution in [0.1, 0.15) is 31.2 Å². The Hall–Kier alpha value is -3.58. The lowest BCUT2D eigenvalue weighted by molar-refractivity contribution is 0.0955. The molecule has 1 fully saturated rings. The summed E-state index contributed by atoms with van der Waals surface area (Å²) in [5.74, 6) is 0.668. The summed E-state index contributed by atoms with van der Waals surface area (Å²) < 4.78 is 9.50. The number of ether oxygens (including phenoxy) is 1. The lowest BCUT2D eigenvalue weighted by atomic mass is 10.1. The molecule has 5 aromatic rings. The molecule has 33 heavy (non-hydrogen) atoms. The van der Waals surface area contributed by atoms with E-state index in [1.165, 1.54) is 5.56 Å². The Morgan fingerprint density at radius 1 is 1.00 bits per heavy atom. The molecule has 7 nitrogen and oxygen atoms in total. The topological polar surface area (TPSA) is 74.8 Å². The van der Waals surface area contributed by atoms with E-state index in [1.54, 1.807) is 4.57 Å². The van der Waals surface area contributed by atoms with Crippen molar-refractivity contribution in [2.75, 3.05) is 6.61 Å². The fourth-order valence-electron chi connectivity index (χ4n) is 4.76. The second-order valence-corrected chi connectivity index (χ2v) is 8.65. The van der Waals surface area contributed by atoms with E-state index in [4.69, 9.17) is 19.7 Å². The summed E-state index contributed by atoms with van der Waals surface area (Å²) >= 11 is 0. The normalized spacial score (nSPS) is 16.4. The van der Waals surface area contributed by atoms with Crippen LogP contribution in [-0.4, -0.2) is 36.8 Å². The van der Waals surface area contributed by atoms with Crippen LogP contribution in [0.25, 0.3) is 38.9 Å². The molecule has 1 aliphatic rings. The van der Waals surface area contributed by atoms with E-state index >= 15 is 0 Å². The van der Waals surface area contributed by atoms with E-state index in [0.29, 0.717) is 34.6 Å². The highest BCUT2D eigenvalue weighted by Crippen LogP contribution is 2.29. The van der Waals surface area contributed by atoms with Crippen LogP contribution in [0.5, 0.6) is 0 Å². The van der Waals surface area contributed by atoms with Gasteiger partial charge in [0.15, 0.2) is 11.3 Å². The van der Waals surface area contributed by atoms with Gasteiger partial charge in [-0.05, 0) is 56.0 Å². The van der Waals surface area contributed by atoms with Gasteiger partial charge in [0.05, 0.1) is 23.7 Å². The van der Waals surface area contributed by atoms with E-state index in [-0.39, 0.29) is 11.7 Å². The molecule has 1 atom stereocenters. The highest BCUT2D eigenvalue weighted by atomic mass is 16.5. The van der Waals surface area contributed by atoms with Gasteiger partial charge in [0.25, 0.3) is 5.56 Å². The summed E-state index contributed by atoms with van der Waals surface area (Å²) in [6.07, 6.45) is 2.99. The maximum Gasteiger partial charge on any atom is 0.265 e. The van der Waals surface area contributed by atoms with E-state index in [0.717, 1.165) is 42.6 Å². The van der Waals surface area contributed by atoms with Crippen LogP contribution >= 0.6 is 0 Å². The zero-order chi connectivity index (χ0) is 22.5. The fraction of sp³-hybridized carbons (Fsp3) is 0.308. The summed E-state index contributed by atoms with van der Waals surface area (Å²) in [6.45, 7) is 5.27. The molecule has 4 heterocycles. The molecule has 0 radical (unpaired) electrons. The first-order valence-corrected chi connectivity index (χ1v) is 11.5. The lowest BCUT2D eigenvalue weighted by Gasteiger charge is -2.14. The zero-order valence-electron chi connectivity index (χ0n) is 18.8. The van der Waals surface area contributed by atoms with Crippen LogP contribution in [0.2, 0.25) is 0 Å². The standard InChI is InChI=1S/C26H25N5O2/c1-3-17-10-12-18(13-11-17)31-24-22(23-25(31)29-21-9-5-4-8-20(21)28-23)26(32)30(16(2)27-24)15-19-7-6-14-33-19/h4-5,8-13,19H,3,6-7,14-15H2,1-2H3. The number of aromatic nitrogens is 5. The van der Waals surface area contributed by atoms with Crippen molar-refractivity contribution >= 4 is 33.2 Å². The Kier molecular flexibility index (Phi) is 4.73. The third-order valence-corrected chi connectivity index (χ3v) is 6.57. The molecule has 166 valence electrons. The minimum atomic E-state index is -0.0912.